The van der Waals surface area contributed by atoms with Crippen LogP contribution in [0.4, 0.5) is 5.69 Å². The molecule has 0 atom stereocenters. The fourth-order valence-electron chi connectivity index (χ4n) is 2.34. The van der Waals surface area contributed by atoms with Gasteiger partial charge in [0.2, 0.25) is 5.91 Å². The van der Waals surface area contributed by atoms with Gasteiger partial charge in [-0.1, -0.05) is 18.2 Å². The Labute approximate surface area is 138 Å². The summed E-state index contributed by atoms with van der Waals surface area (Å²) in [6.07, 6.45) is 2.92. The van der Waals surface area contributed by atoms with E-state index in [4.69, 9.17) is 11.6 Å². The zero-order valence-electron chi connectivity index (χ0n) is 12.8. The zero-order valence-corrected chi connectivity index (χ0v) is 13.6. The lowest BCUT2D eigenvalue weighted by Crippen LogP contribution is -2.23. The third-order valence-corrected chi connectivity index (χ3v) is 3.91. The number of nitrogens with zero attached hydrogens (tertiary/aromatic N) is 4. The molecule has 0 aliphatic carbocycles. The molecule has 0 bridgehead atoms. The van der Waals surface area contributed by atoms with Gasteiger partial charge in [0.05, 0.1) is 23.3 Å². The van der Waals surface area contributed by atoms with Crippen LogP contribution in [0.15, 0.2) is 49.2 Å². The number of fused-ring (bicyclic) bond motifs is 1. The van der Waals surface area contributed by atoms with Crippen LogP contribution in [0.3, 0.4) is 0 Å². The first-order valence-corrected chi connectivity index (χ1v) is 7.40. The molecule has 0 saturated heterocycles. The van der Waals surface area contributed by atoms with Crippen molar-refractivity contribution in [3.8, 4) is 5.69 Å². The Bertz CT molecular complexity index is 899. The van der Waals surface area contributed by atoms with Gasteiger partial charge in [0.1, 0.15) is 0 Å². The molecule has 1 amide bonds. The van der Waals surface area contributed by atoms with E-state index < -0.39 is 0 Å². The van der Waals surface area contributed by atoms with Crippen molar-refractivity contribution in [3.63, 3.8) is 0 Å². The number of likely N-dealkylation sites (N-methyl/N-ethyl adjacent to an activating group) is 1. The van der Waals surface area contributed by atoms with Gasteiger partial charge in [-0.25, -0.2) is 9.67 Å². The van der Waals surface area contributed by atoms with Crippen LogP contribution in [0.5, 0.6) is 0 Å². The highest BCUT2D eigenvalue weighted by Gasteiger charge is 2.14. The molecule has 6 heteroatoms. The quantitative estimate of drug-likeness (QED) is 0.692. The standard InChI is InChI=1S/C17H15ClN4O/c1-4-16(23)21(3)14-9-15-11(2)20-22(17(15)19-10-14)13-7-5-12(18)6-8-13/h4-10H,1H2,2-3H3. The van der Waals surface area contributed by atoms with Crippen LogP contribution >= 0.6 is 11.6 Å². The van der Waals surface area contributed by atoms with Gasteiger partial charge in [-0.05, 0) is 43.3 Å². The molecule has 0 unspecified atom stereocenters. The Hall–Kier alpha value is -2.66. The lowest BCUT2D eigenvalue weighted by molar-refractivity contribution is -0.113. The number of pyridine rings is 1. The predicted octanol–water partition coefficient (Wildman–Crippen LogP) is 3.53. The molecule has 3 aromatic rings. The number of halogens is 1. The summed E-state index contributed by atoms with van der Waals surface area (Å²) in [7, 11) is 1.69. The second-order valence-electron chi connectivity index (χ2n) is 5.14. The molecule has 0 spiro atoms. The molecule has 3 rings (SSSR count). The number of carbonyl (C=O) groups excluding carboxylic acids is 1. The number of anilines is 1. The molecular formula is C17H15ClN4O. The molecular weight excluding hydrogens is 312 g/mol. The average Bonchev–Trinajstić information content (AvgIpc) is 2.90. The van der Waals surface area contributed by atoms with E-state index in [0.29, 0.717) is 10.7 Å². The Morgan fingerprint density at radius 3 is 2.70 bits per heavy atom. The minimum absolute atomic E-state index is 0.186. The summed E-state index contributed by atoms with van der Waals surface area (Å²) in [6, 6.07) is 9.29. The maximum absolute atomic E-state index is 11.7. The van der Waals surface area contributed by atoms with Gasteiger partial charge in [0.15, 0.2) is 5.65 Å². The summed E-state index contributed by atoms with van der Waals surface area (Å²) in [5.74, 6) is -0.186. The molecule has 0 N–H and O–H groups in total. The van der Waals surface area contributed by atoms with Gasteiger partial charge >= 0.3 is 0 Å². The van der Waals surface area contributed by atoms with Crippen molar-refractivity contribution in [3.05, 3.63) is 59.9 Å². The highest BCUT2D eigenvalue weighted by molar-refractivity contribution is 6.30. The van der Waals surface area contributed by atoms with Gasteiger partial charge in [0, 0.05) is 17.5 Å². The summed E-state index contributed by atoms with van der Waals surface area (Å²) in [4.78, 5) is 17.7. The number of aryl methyl sites for hydroxylation is 1. The third-order valence-electron chi connectivity index (χ3n) is 3.66. The van der Waals surface area contributed by atoms with Gasteiger partial charge in [-0.15, -0.1) is 0 Å². The van der Waals surface area contributed by atoms with E-state index in [1.165, 1.54) is 11.0 Å². The molecule has 0 radical (unpaired) electrons. The molecule has 2 aromatic heterocycles. The monoisotopic (exact) mass is 326 g/mol. The van der Waals surface area contributed by atoms with Crippen molar-refractivity contribution in [2.24, 2.45) is 0 Å². The summed E-state index contributed by atoms with van der Waals surface area (Å²) < 4.78 is 1.76. The zero-order chi connectivity index (χ0) is 16.6. The van der Waals surface area contributed by atoms with E-state index in [2.05, 4.69) is 16.7 Å². The molecule has 116 valence electrons. The minimum Gasteiger partial charge on any atom is -0.310 e. The van der Waals surface area contributed by atoms with E-state index in [9.17, 15) is 4.79 Å². The lowest BCUT2D eigenvalue weighted by atomic mass is 10.2. The van der Waals surface area contributed by atoms with Crippen LogP contribution in [0.1, 0.15) is 5.69 Å². The first-order valence-electron chi connectivity index (χ1n) is 7.02. The highest BCUT2D eigenvalue weighted by atomic mass is 35.5. The van der Waals surface area contributed by atoms with Crippen LogP contribution < -0.4 is 4.90 Å². The fraction of sp³-hybridized carbons (Fsp3) is 0.118. The fourth-order valence-corrected chi connectivity index (χ4v) is 2.47. The summed E-state index contributed by atoms with van der Waals surface area (Å²) >= 11 is 5.93. The smallest absolute Gasteiger partial charge is 0.250 e. The van der Waals surface area contributed by atoms with Crippen LogP contribution in [-0.4, -0.2) is 27.7 Å². The second kappa shape index (κ2) is 5.85. The summed E-state index contributed by atoms with van der Waals surface area (Å²) in [6.45, 7) is 5.41. The van der Waals surface area contributed by atoms with Crippen molar-refractivity contribution in [1.29, 1.82) is 0 Å². The van der Waals surface area contributed by atoms with E-state index >= 15 is 0 Å². The Kier molecular flexibility index (Phi) is 3.88. The van der Waals surface area contributed by atoms with Crippen molar-refractivity contribution < 1.29 is 4.79 Å². The van der Waals surface area contributed by atoms with Crippen molar-refractivity contribution in [2.45, 2.75) is 6.92 Å². The molecule has 0 fully saturated rings. The maximum atomic E-state index is 11.7. The van der Waals surface area contributed by atoms with Crippen LogP contribution in [0, 0.1) is 6.92 Å². The first-order chi connectivity index (χ1) is 11.0. The Morgan fingerprint density at radius 2 is 2.04 bits per heavy atom. The van der Waals surface area contributed by atoms with Crippen LogP contribution in [0.2, 0.25) is 5.02 Å². The molecule has 0 aliphatic rings. The van der Waals surface area contributed by atoms with Gasteiger partial charge in [-0.2, -0.15) is 5.10 Å². The largest absolute Gasteiger partial charge is 0.310 e. The SMILES string of the molecule is C=CC(=O)N(C)c1cnc2c(c1)c(C)nn2-c1ccc(Cl)cc1. The van der Waals surface area contributed by atoms with Crippen molar-refractivity contribution >= 4 is 34.2 Å². The molecule has 0 saturated carbocycles. The van der Waals surface area contributed by atoms with E-state index in [-0.39, 0.29) is 5.91 Å². The number of aromatic nitrogens is 3. The van der Waals surface area contributed by atoms with Crippen molar-refractivity contribution in [1.82, 2.24) is 14.8 Å². The summed E-state index contributed by atoms with van der Waals surface area (Å²) in [5, 5.41) is 6.10. The Morgan fingerprint density at radius 1 is 1.35 bits per heavy atom. The van der Waals surface area contributed by atoms with E-state index in [1.54, 1.807) is 17.9 Å². The molecule has 0 aliphatic heterocycles. The number of hydrogen-bond donors (Lipinski definition) is 0. The summed E-state index contributed by atoms with van der Waals surface area (Å²) in [5.41, 5.74) is 3.14. The van der Waals surface area contributed by atoms with Crippen LogP contribution in [0.25, 0.3) is 16.7 Å². The third kappa shape index (κ3) is 2.71. The second-order valence-corrected chi connectivity index (χ2v) is 5.58. The number of rotatable bonds is 3. The molecule has 5 nitrogen and oxygen atoms in total. The topological polar surface area (TPSA) is 51.0 Å². The minimum atomic E-state index is -0.186. The molecule has 23 heavy (non-hydrogen) atoms. The Balaban J connectivity index is 2.12. The normalized spacial score (nSPS) is 10.7. The molecule has 1 aromatic carbocycles. The number of benzene rings is 1. The predicted molar refractivity (Wildman–Crippen MR) is 92.2 cm³/mol. The van der Waals surface area contributed by atoms with E-state index in [0.717, 1.165) is 22.4 Å². The van der Waals surface area contributed by atoms with Gasteiger partial charge in [0.25, 0.3) is 0 Å². The maximum Gasteiger partial charge on any atom is 0.250 e. The van der Waals surface area contributed by atoms with Crippen LogP contribution in [-0.2, 0) is 4.79 Å². The number of carbonyl (C=O) groups is 1. The van der Waals surface area contributed by atoms with E-state index in [1.807, 2.05) is 37.3 Å². The first kappa shape index (κ1) is 15.2. The molecule has 2 heterocycles. The van der Waals surface area contributed by atoms with Gasteiger partial charge in [-0.3, -0.25) is 4.79 Å². The number of amides is 1. The van der Waals surface area contributed by atoms with Crippen molar-refractivity contribution in [2.75, 3.05) is 11.9 Å². The van der Waals surface area contributed by atoms with Gasteiger partial charge < -0.3 is 4.90 Å². The lowest BCUT2D eigenvalue weighted by Gasteiger charge is -2.14. The highest BCUT2D eigenvalue weighted by Crippen LogP contribution is 2.25. The average molecular weight is 327 g/mol. The number of hydrogen-bond acceptors (Lipinski definition) is 3.